The molecule has 1 aliphatic heterocycles. The molecule has 3 aromatic rings. The zero-order valence-corrected chi connectivity index (χ0v) is 16.9. The van der Waals surface area contributed by atoms with Gasteiger partial charge in [-0.3, -0.25) is 14.8 Å². The van der Waals surface area contributed by atoms with Crippen molar-refractivity contribution in [2.45, 2.75) is 38.5 Å². The fraction of sp³-hybridized carbons (Fsp3) is 0.556. The highest BCUT2D eigenvalue weighted by atomic mass is 32.1. The summed E-state index contributed by atoms with van der Waals surface area (Å²) >= 11 is 1.45. The summed E-state index contributed by atoms with van der Waals surface area (Å²) in [6, 6.07) is 1.93. The third kappa shape index (κ3) is 3.37. The van der Waals surface area contributed by atoms with Crippen molar-refractivity contribution in [1.82, 2.24) is 29.9 Å². The Morgan fingerprint density at radius 2 is 2.00 bits per heavy atom. The van der Waals surface area contributed by atoms with Gasteiger partial charge in [-0.2, -0.15) is 15.2 Å². The molecule has 0 bridgehead atoms. The van der Waals surface area contributed by atoms with Gasteiger partial charge in [0.05, 0.1) is 10.6 Å². The van der Waals surface area contributed by atoms with Crippen molar-refractivity contribution in [3.05, 3.63) is 22.5 Å². The predicted octanol–water partition coefficient (Wildman–Crippen LogP) is 2.61. The SMILES string of the molecule is CC(C)c1nn(C)c2sc(C(=O)Nc3nc(C4CCNCC4)nn3C)cc12. The Balaban J connectivity index is 1.56. The average molecular weight is 388 g/mol. The first-order chi connectivity index (χ1) is 12.9. The van der Waals surface area contributed by atoms with Crippen LogP contribution in [-0.4, -0.2) is 43.5 Å². The lowest BCUT2D eigenvalue weighted by atomic mass is 9.98. The fourth-order valence-corrected chi connectivity index (χ4v) is 4.51. The zero-order chi connectivity index (χ0) is 19.1. The number of thiophene rings is 1. The van der Waals surface area contributed by atoms with Gasteiger partial charge in [-0.05, 0) is 37.9 Å². The number of carbonyl (C=O) groups excluding carboxylic acids is 1. The van der Waals surface area contributed by atoms with Gasteiger partial charge in [0.2, 0.25) is 5.95 Å². The Kier molecular flexibility index (Phi) is 4.73. The van der Waals surface area contributed by atoms with E-state index >= 15 is 0 Å². The Morgan fingerprint density at radius 1 is 1.26 bits per heavy atom. The Labute approximate surface area is 162 Å². The van der Waals surface area contributed by atoms with Crippen LogP contribution < -0.4 is 10.6 Å². The van der Waals surface area contributed by atoms with Crippen molar-refractivity contribution in [2.24, 2.45) is 14.1 Å². The maximum Gasteiger partial charge on any atom is 0.268 e. The van der Waals surface area contributed by atoms with E-state index in [-0.39, 0.29) is 5.91 Å². The Bertz CT molecular complexity index is 978. The molecule has 0 aliphatic carbocycles. The minimum Gasteiger partial charge on any atom is -0.317 e. The molecule has 9 heteroatoms. The topological polar surface area (TPSA) is 89.7 Å². The summed E-state index contributed by atoms with van der Waals surface area (Å²) in [4.78, 5) is 19.0. The highest BCUT2D eigenvalue weighted by Crippen LogP contribution is 2.32. The first kappa shape index (κ1) is 18.1. The van der Waals surface area contributed by atoms with Crippen molar-refractivity contribution >= 4 is 33.4 Å². The fourth-order valence-electron chi connectivity index (χ4n) is 3.53. The summed E-state index contributed by atoms with van der Waals surface area (Å²) in [6.07, 6.45) is 2.05. The second-order valence-electron chi connectivity index (χ2n) is 7.39. The quantitative estimate of drug-likeness (QED) is 0.718. The molecule has 0 aromatic carbocycles. The van der Waals surface area contributed by atoms with Crippen LogP contribution in [0, 0.1) is 0 Å². The number of hydrogen-bond acceptors (Lipinski definition) is 6. The van der Waals surface area contributed by atoms with Crippen LogP contribution in [0.15, 0.2) is 6.07 Å². The smallest absolute Gasteiger partial charge is 0.268 e. The molecule has 0 spiro atoms. The Hall–Kier alpha value is -2.26. The molecule has 1 amide bonds. The van der Waals surface area contributed by atoms with E-state index in [0.29, 0.717) is 22.7 Å². The molecule has 144 valence electrons. The van der Waals surface area contributed by atoms with Gasteiger partial charge < -0.3 is 5.32 Å². The molecule has 0 unspecified atom stereocenters. The van der Waals surface area contributed by atoms with Gasteiger partial charge in [-0.1, -0.05) is 13.8 Å². The van der Waals surface area contributed by atoms with Gasteiger partial charge in [-0.15, -0.1) is 11.3 Å². The van der Waals surface area contributed by atoms with Crippen molar-refractivity contribution in [1.29, 1.82) is 0 Å². The summed E-state index contributed by atoms with van der Waals surface area (Å²) in [7, 11) is 3.74. The molecular weight excluding hydrogens is 362 g/mol. The van der Waals surface area contributed by atoms with E-state index in [9.17, 15) is 4.79 Å². The molecule has 0 saturated carbocycles. The Morgan fingerprint density at radius 3 is 2.70 bits per heavy atom. The van der Waals surface area contributed by atoms with Crippen LogP contribution in [0.2, 0.25) is 0 Å². The number of rotatable bonds is 4. The number of carbonyl (C=O) groups is 1. The van der Waals surface area contributed by atoms with Gasteiger partial charge >= 0.3 is 0 Å². The molecule has 0 atom stereocenters. The van der Waals surface area contributed by atoms with Gasteiger partial charge in [0.15, 0.2) is 5.82 Å². The molecule has 27 heavy (non-hydrogen) atoms. The predicted molar refractivity (Wildman–Crippen MR) is 106 cm³/mol. The number of fused-ring (bicyclic) bond motifs is 1. The summed E-state index contributed by atoms with van der Waals surface area (Å²) < 4.78 is 3.51. The van der Waals surface area contributed by atoms with Crippen LogP contribution in [0.25, 0.3) is 10.2 Å². The highest BCUT2D eigenvalue weighted by molar-refractivity contribution is 7.20. The van der Waals surface area contributed by atoms with Gasteiger partial charge in [-0.25, -0.2) is 4.68 Å². The first-order valence-corrected chi connectivity index (χ1v) is 10.1. The van der Waals surface area contributed by atoms with E-state index in [4.69, 9.17) is 0 Å². The third-order valence-corrected chi connectivity index (χ3v) is 6.22. The van der Waals surface area contributed by atoms with E-state index in [1.54, 1.807) is 4.68 Å². The second kappa shape index (κ2) is 7.05. The molecule has 1 aliphatic rings. The lowest BCUT2D eigenvalue weighted by Crippen LogP contribution is -2.27. The number of piperidine rings is 1. The molecule has 1 fully saturated rings. The van der Waals surface area contributed by atoms with E-state index in [1.165, 1.54) is 11.3 Å². The van der Waals surface area contributed by atoms with Crippen molar-refractivity contribution in [3.63, 3.8) is 0 Å². The van der Waals surface area contributed by atoms with Crippen LogP contribution in [0.3, 0.4) is 0 Å². The summed E-state index contributed by atoms with van der Waals surface area (Å²) in [5.41, 5.74) is 1.02. The van der Waals surface area contributed by atoms with Gasteiger partial charge in [0.1, 0.15) is 4.83 Å². The second-order valence-corrected chi connectivity index (χ2v) is 8.42. The average Bonchev–Trinajstić information content (AvgIpc) is 3.31. The number of anilines is 1. The summed E-state index contributed by atoms with van der Waals surface area (Å²) in [5.74, 6) is 1.82. The molecule has 1 saturated heterocycles. The molecular formula is C18H25N7OS. The normalized spacial score (nSPS) is 15.7. The molecule has 8 nitrogen and oxygen atoms in total. The van der Waals surface area contributed by atoms with Crippen LogP contribution in [0.1, 0.15) is 59.7 Å². The van der Waals surface area contributed by atoms with Gasteiger partial charge in [0, 0.05) is 25.4 Å². The first-order valence-electron chi connectivity index (χ1n) is 9.33. The highest BCUT2D eigenvalue weighted by Gasteiger charge is 2.23. The van der Waals surface area contributed by atoms with Crippen molar-refractivity contribution in [3.8, 4) is 0 Å². The lowest BCUT2D eigenvalue weighted by Gasteiger charge is -2.19. The largest absolute Gasteiger partial charge is 0.317 e. The van der Waals surface area contributed by atoms with E-state index in [1.807, 2.05) is 24.8 Å². The zero-order valence-electron chi connectivity index (χ0n) is 16.1. The molecule has 3 aromatic heterocycles. The van der Waals surface area contributed by atoms with Crippen LogP contribution in [0.4, 0.5) is 5.95 Å². The minimum atomic E-state index is -0.154. The number of aryl methyl sites for hydroxylation is 2. The van der Waals surface area contributed by atoms with E-state index in [2.05, 4.69) is 39.7 Å². The number of amides is 1. The molecule has 4 heterocycles. The third-order valence-electron chi connectivity index (χ3n) is 5.02. The standard InChI is InChI=1S/C18H25N7OS/c1-10(2)14-12-9-13(27-17(12)24(3)22-14)16(26)21-18-20-15(23-25(18)4)11-5-7-19-8-6-11/h9-11,19H,5-8H2,1-4H3,(H,20,21,23,26). The summed E-state index contributed by atoms with van der Waals surface area (Å²) in [5, 5.41) is 16.4. The lowest BCUT2D eigenvalue weighted by molar-refractivity contribution is 0.102. The minimum absolute atomic E-state index is 0.154. The molecule has 0 radical (unpaired) electrons. The van der Waals surface area contributed by atoms with Crippen LogP contribution >= 0.6 is 11.3 Å². The van der Waals surface area contributed by atoms with Crippen LogP contribution in [-0.2, 0) is 14.1 Å². The van der Waals surface area contributed by atoms with Gasteiger partial charge in [0.25, 0.3) is 5.91 Å². The maximum absolute atomic E-state index is 12.8. The number of aromatic nitrogens is 5. The number of nitrogens with zero attached hydrogens (tertiary/aromatic N) is 5. The monoisotopic (exact) mass is 387 g/mol. The number of hydrogen-bond donors (Lipinski definition) is 2. The summed E-state index contributed by atoms with van der Waals surface area (Å²) in [6.45, 7) is 6.19. The van der Waals surface area contributed by atoms with Crippen LogP contribution in [0.5, 0.6) is 0 Å². The maximum atomic E-state index is 12.8. The molecule has 4 rings (SSSR count). The number of nitrogens with one attached hydrogen (secondary N) is 2. The van der Waals surface area contributed by atoms with Crippen molar-refractivity contribution < 1.29 is 4.79 Å². The molecule has 2 N–H and O–H groups in total. The van der Waals surface area contributed by atoms with E-state index < -0.39 is 0 Å². The van der Waals surface area contributed by atoms with Crippen molar-refractivity contribution in [2.75, 3.05) is 18.4 Å². The van der Waals surface area contributed by atoms with E-state index in [0.717, 1.165) is 47.7 Å².